The van der Waals surface area contributed by atoms with Crippen molar-refractivity contribution in [3.8, 4) is 17.0 Å². The molecule has 1 aliphatic rings. The molecule has 0 aliphatic carbocycles. The van der Waals surface area contributed by atoms with Crippen molar-refractivity contribution >= 4 is 28.1 Å². The maximum Gasteiger partial charge on any atom is 0.257 e. The number of hydrogen-bond donors (Lipinski definition) is 1. The summed E-state index contributed by atoms with van der Waals surface area (Å²) in [4.78, 5) is 18.9. The van der Waals surface area contributed by atoms with Gasteiger partial charge >= 0.3 is 0 Å². The number of hydrogen-bond acceptors (Lipinski definition) is 6. The third-order valence-electron chi connectivity index (χ3n) is 4.67. The summed E-state index contributed by atoms with van der Waals surface area (Å²) in [5.74, 6) is -0.122. The van der Waals surface area contributed by atoms with Crippen molar-refractivity contribution in [2.75, 3.05) is 43.6 Å². The molecule has 1 aliphatic heterocycles. The van der Waals surface area contributed by atoms with Crippen LogP contribution >= 0.6 is 11.3 Å². The van der Waals surface area contributed by atoms with E-state index >= 15 is 0 Å². The Balaban J connectivity index is 1.48. The van der Waals surface area contributed by atoms with Crippen molar-refractivity contribution in [2.45, 2.75) is 0 Å². The molecule has 29 heavy (non-hydrogen) atoms. The highest BCUT2D eigenvalue weighted by Crippen LogP contribution is 2.32. The average Bonchev–Trinajstić information content (AvgIpc) is 3.22. The molecule has 1 amide bonds. The number of nitrogens with one attached hydrogen (secondary N) is 1. The molecule has 6 nitrogen and oxygen atoms in total. The van der Waals surface area contributed by atoms with Crippen molar-refractivity contribution < 1.29 is 18.7 Å². The lowest BCUT2D eigenvalue weighted by molar-refractivity contribution is 0.102. The van der Waals surface area contributed by atoms with Gasteiger partial charge in [-0.2, -0.15) is 0 Å². The molecule has 150 valence electrons. The number of thiazole rings is 1. The predicted molar refractivity (Wildman–Crippen MR) is 111 cm³/mol. The van der Waals surface area contributed by atoms with Crippen LogP contribution in [0.5, 0.6) is 5.75 Å². The third kappa shape index (κ3) is 4.23. The van der Waals surface area contributed by atoms with E-state index in [1.807, 2.05) is 34.5 Å². The second kappa shape index (κ2) is 8.59. The van der Waals surface area contributed by atoms with E-state index in [9.17, 15) is 9.18 Å². The first-order chi connectivity index (χ1) is 14.2. The summed E-state index contributed by atoms with van der Waals surface area (Å²) in [6.07, 6.45) is 0. The zero-order chi connectivity index (χ0) is 20.2. The van der Waals surface area contributed by atoms with Gasteiger partial charge in [-0.05, 0) is 30.3 Å². The minimum atomic E-state index is -0.423. The van der Waals surface area contributed by atoms with Gasteiger partial charge in [-0.15, -0.1) is 11.3 Å². The van der Waals surface area contributed by atoms with Crippen molar-refractivity contribution in [3.05, 3.63) is 59.2 Å². The number of amides is 1. The largest absolute Gasteiger partial charge is 0.496 e. The van der Waals surface area contributed by atoms with E-state index in [1.165, 1.54) is 17.4 Å². The number of halogens is 1. The average molecular weight is 413 g/mol. The predicted octanol–water partition coefficient (Wildman–Crippen LogP) is 4.05. The second-order valence-electron chi connectivity index (χ2n) is 6.46. The van der Waals surface area contributed by atoms with Crippen LogP contribution in [-0.2, 0) is 4.74 Å². The van der Waals surface area contributed by atoms with Crippen LogP contribution in [0.2, 0.25) is 0 Å². The van der Waals surface area contributed by atoms with Gasteiger partial charge in [0, 0.05) is 29.6 Å². The SMILES string of the molecule is COc1ccccc1-c1csc(NC(=O)c2ccc(N3CCOCC3)c(F)c2)n1. The van der Waals surface area contributed by atoms with Crippen LogP contribution in [0.4, 0.5) is 15.2 Å². The molecule has 4 rings (SSSR count). The molecule has 3 aromatic rings. The van der Waals surface area contributed by atoms with Crippen molar-refractivity contribution in [1.82, 2.24) is 4.98 Å². The number of ether oxygens (including phenoxy) is 2. The maximum atomic E-state index is 14.6. The van der Waals surface area contributed by atoms with Gasteiger partial charge in [-0.1, -0.05) is 12.1 Å². The van der Waals surface area contributed by atoms with E-state index in [2.05, 4.69) is 10.3 Å². The van der Waals surface area contributed by atoms with Crippen molar-refractivity contribution in [1.29, 1.82) is 0 Å². The number of methoxy groups -OCH3 is 1. The highest BCUT2D eigenvalue weighted by atomic mass is 32.1. The van der Waals surface area contributed by atoms with Crippen LogP contribution in [-0.4, -0.2) is 44.3 Å². The van der Waals surface area contributed by atoms with E-state index in [0.717, 1.165) is 5.56 Å². The van der Waals surface area contributed by atoms with Crippen molar-refractivity contribution in [3.63, 3.8) is 0 Å². The molecule has 2 aromatic carbocycles. The Bertz CT molecular complexity index is 1020. The molecule has 0 radical (unpaired) electrons. The fourth-order valence-corrected chi connectivity index (χ4v) is 3.89. The summed E-state index contributed by atoms with van der Waals surface area (Å²) >= 11 is 1.30. The minimum absolute atomic E-state index is 0.244. The Morgan fingerprint density at radius 2 is 2.03 bits per heavy atom. The lowest BCUT2D eigenvalue weighted by atomic mass is 10.1. The third-order valence-corrected chi connectivity index (χ3v) is 5.43. The quantitative estimate of drug-likeness (QED) is 0.684. The second-order valence-corrected chi connectivity index (χ2v) is 7.32. The first-order valence-electron chi connectivity index (χ1n) is 9.18. The summed E-state index contributed by atoms with van der Waals surface area (Å²) in [5, 5.41) is 5.02. The van der Waals surface area contributed by atoms with E-state index in [4.69, 9.17) is 9.47 Å². The van der Waals surface area contributed by atoms with Gasteiger partial charge in [0.05, 0.1) is 31.7 Å². The molecule has 1 N–H and O–H groups in total. The Morgan fingerprint density at radius 1 is 1.24 bits per heavy atom. The van der Waals surface area contributed by atoms with E-state index in [1.54, 1.807) is 19.2 Å². The molecule has 0 spiro atoms. The van der Waals surface area contributed by atoms with Gasteiger partial charge < -0.3 is 14.4 Å². The molecule has 1 saturated heterocycles. The Hall–Kier alpha value is -2.97. The standard InChI is InChI=1S/C21H20FN3O3S/c1-27-19-5-3-2-4-15(19)17-13-29-21(23-17)24-20(26)14-6-7-18(16(22)12-14)25-8-10-28-11-9-25/h2-7,12-13H,8-11H2,1H3,(H,23,24,26). The summed E-state index contributed by atoms with van der Waals surface area (Å²) < 4.78 is 25.2. The normalized spacial score (nSPS) is 13.9. The Kier molecular flexibility index (Phi) is 5.73. The maximum absolute atomic E-state index is 14.6. The number of benzene rings is 2. The molecule has 1 aromatic heterocycles. The first kappa shape index (κ1) is 19.4. The van der Waals surface area contributed by atoms with E-state index in [-0.39, 0.29) is 5.56 Å². The van der Waals surface area contributed by atoms with Gasteiger partial charge in [-0.3, -0.25) is 10.1 Å². The zero-order valence-electron chi connectivity index (χ0n) is 15.9. The monoisotopic (exact) mass is 413 g/mol. The van der Waals surface area contributed by atoms with Crippen LogP contribution in [0.1, 0.15) is 10.4 Å². The number of nitrogens with zero attached hydrogens (tertiary/aromatic N) is 2. The highest BCUT2D eigenvalue weighted by molar-refractivity contribution is 7.14. The van der Waals surface area contributed by atoms with Gasteiger partial charge in [0.1, 0.15) is 11.6 Å². The molecule has 2 heterocycles. The topological polar surface area (TPSA) is 63.7 Å². The molecular weight excluding hydrogens is 393 g/mol. The van der Waals surface area contributed by atoms with E-state index in [0.29, 0.717) is 48.6 Å². The van der Waals surface area contributed by atoms with E-state index < -0.39 is 11.7 Å². The van der Waals surface area contributed by atoms with Crippen LogP contribution in [0, 0.1) is 5.82 Å². The van der Waals surface area contributed by atoms with Crippen molar-refractivity contribution in [2.24, 2.45) is 0 Å². The summed E-state index contributed by atoms with van der Waals surface area (Å²) in [7, 11) is 1.60. The number of aromatic nitrogens is 1. The fraction of sp³-hybridized carbons (Fsp3) is 0.238. The smallest absolute Gasteiger partial charge is 0.257 e. The molecule has 0 atom stereocenters. The molecular formula is C21H20FN3O3S. The summed E-state index contributed by atoms with van der Waals surface area (Å²) in [6, 6.07) is 12.1. The van der Waals surface area contributed by atoms with Crippen LogP contribution in [0.25, 0.3) is 11.3 Å². The lowest BCUT2D eigenvalue weighted by Gasteiger charge is -2.29. The Morgan fingerprint density at radius 3 is 2.79 bits per heavy atom. The Labute approximate surface area is 171 Å². The van der Waals surface area contributed by atoms with Crippen LogP contribution in [0.3, 0.4) is 0 Å². The molecule has 0 saturated carbocycles. The number of carbonyl (C=O) groups excluding carboxylic acids is 1. The van der Waals surface area contributed by atoms with Crippen LogP contribution in [0.15, 0.2) is 47.8 Å². The number of morpholine rings is 1. The minimum Gasteiger partial charge on any atom is -0.496 e. The highest BCUT2D eigenvalue weighted by Gasteiger charge is 2.18. The zero-order valence-corrected chi connectivity index (χ0v) is 16.7. The fourth-order valence-electron chi connectivity index (χ4n) is 3.19. The number of para-hydroxylation sites is 1. The van der Waals surface area contributed by atoms with Crippen LogP contribution < -0.4 is 15.0 Å². The van der Waals surface area contributed by atoms with Gasteiger partial charge in [0.25, 0.3) is 5.91 Å². The lowest BCUT2D eigenvalue weighted by Crippen LogP contribution is -2.36. The molecule has 8 heteroatoms. The van der Waals surface area contributed by atoms with Gasteiger partial charge in [-0.25, -0.2) is 9.37 Å². The van der Waals surface area contributed by atoms with Gasteiger partial charge in [0.2, 0.25) is 0 Å². The molecule has 1 fully saturated rings. The number of rotatable bonds is 5. The summed E-state index contributed by atoms with van der Waals surface area (Å²) in [6.45, 7) is 2.40. The summed E-state index contributed by atoms with van der Waals surface area (Å²) in [5.41, 5.74) is 2.27. The number of carbonyl (C=O) groups is 1. The van der Waals surface area contributed by atoms with Gasteiger partial charge in [0.15, 0.2) is 5.13 Å². The molecule has 0 bridgehead atoms. The first-order valence-corrected chi connectivity index (χ1v) is 10.1. The molecule has 0 unspecified atom stereocenters. The number of anilines is 2.